The van der Waals surface area contributed by atoms with E-state index in [0.717, 1.165) is 25.9 Å². The average Bonchev–Trinajstić information content (AvgIpc) is 2.37. The Balaban J connectivity index is 2.10. The summed E-state index contributed by atoms with van der Waals surface area (Å²) in [5, 5.41) is 6.44. The van der Waals surface area contributed by atoms with E-state index >= 15 is 0 Å². The standard InChI is InChI=1S/C14H25N3O3/c1-14(2,3)20-13(19)16-10-4-5-12(18)17(16)11-6-8-15-9-7-11/h11,15H,4-10H2,1-3H3. The molecule has 0 aromatic rings. The summed E-state index contributed by atoms with van der Waals surface area (Å²) in [4.78, 5) is 24.5. The van der Waals surface area contributed by atoms with E-state index in [4.69, 9.17) is 4.74 Å². The van der Waals surface area contributed by atoms with Crippen molar-refractivity contribution in [1.29, 1.82) is 0 Å². The number of hydrazine groups is 1. The molecule has 0 spiro atoms. The van der Waals surface area contributed by atoms with Crippen LogP contribution in [-0.4, -0.2) is 53.3 Å². The molecule has 0 aliphatic carbocycles. The van der Waals surface area contributed by atoms with Gasteiger partial charge in [-0.15, -0.1) is 0 Å². The molecular formula is C14H25N3O3. The first-order valence-corrected chi connectivity index (χ1v) is 7.42. The van der Waals surface area contributed by atoms with Crippen molar-refractivity contribution in [1.82, 2.24) is 15.3 Å². The quantitative estimate of drug-likeness (QED) is 0.792. The Kier molecular flexibility index (Phi) is 4.52. The van der Waals surface area contributed by atoms with Gasteiger partial charge in [0.25, 0.3) is 0 Å². The number of piperidine rings is 1. The van der Waals surface area contributed by atoms with Crippen molar-refractivity contribution >= 4 is 12.0 Å². The lowest BCUT2D eigenvalue weighted by atomic mass is 10.0. The van der Waals surface area contributed by atoms with Crippen molar-refractivity contribution in [3.8, 4) is 0 Å². The van der Waals surface area contributed by atoms with E-state index in [0.29, 0.717) is 19.4 Å². The summed E-state index contributed by atoms with van der Waals surface area (Å²) >= 11 is 0. The van der Waals surface area contributed by atoms with Gasteiger partial charge in [-0.25, -0.2) is 14.8 Å². The van der Waals surface area contributed by atoms with Gasteiger partial charge in [-0.1, -0.05) is 0 Å². The number of carbonyl (C=O) groups is 2. The van der Waals surface area contributed by atoms with E-state index in [2.05, 4.69) is 5.32 Å². The Hall–Kier alpha value is -1.30. The molecule has 0 aromatic heterocycles. The first-order chi connectivity index (χ1) is 9.38. The molecule has 1 N–H and O–H groups in total. The highest BCUT2D eigenvalue weighted by Crippen LogP contribution is 2.23. The highest BCUT2D eigenvalue weighted by molar-refractivity contribution is 5.81. The number of carbonyl (C=O) groups excluding carboxylic acids is 2. The van der Waals surface area contributed by atoms with Crippen molar-refractivity contribution in [2.45, 2.75) is 58.1 Å². The first kappa shape index (κ1) is 15.1. The van der Waals surface area contributed by atoms with Gasteiger partial charge >= 0.3 is 6.09 Å². The average molecular weight is 283 g/mol. The summed E-state index contributed by atoms with van der Waals surface area (Å²) in [7, 11) is 0. The van der Waals surface area contributed by atoms with Crippen LogP contribution >= 0.6 is 0 Å². The summed E-state index contributed by atoms with van der Waals surface area (Å²) < 4.78 is 5.42. The Labute approximate surface area is 120 Å². The van der Waals surface area contributed by atoms with Crippen LogP contribution in [0.2, 0.25) is 0 Å². The topological polar surface area (TPSA) is 61.9 Å². The van der Waals surface area contributed by atoms with Crippen molar-refractivity contribution < 1.29 is 14.3 Å². The molecule has 0 radical (unpaired) electrons. The Morgan fingerprint density at radius 3 is 2.55 bits per heavy atom. The predicted octanol–water partition coefficient (Wildman–Crippen LogP) is 1.51. The minimum Gasteiger partial charge on any atom is -0.442 e. The van der Waals surface area contributed by atoms with E-state index in [9.17, 15) is 9.59 Å². The Bertz CT molecular complexity index is 372. The molecule has 2 saturated heterocycles. The van der Waals surface area contributed by atoms with Gasteiger partial charge in [-0.05, 0) is 53.1 Å². The third-order valence-corrected chi connectivity index (χ3v) is 3.53. The van der Waals surface area contributed by atoms with Crippen LogP contribution in [0.25, 0.3) is 0 Å². The largest absolute Gasteiger partial charge is 0.442 e. The molecule has 6 nitrogen and oxygen atoms in total. The van der Waals surface area contributed by atoms with Crippen LogP contribution in [0.3, 0.4) is 0 Å². The van der Waals surface area contributed by atoms with E-state index in [1.165, 1.54) is 5.01 Å². The van der Waals surface area contributed by atoms with Gasteiger partial charge in [0.05, 0.1) is 6.04 Å². The van der Waals surface area contributed by atoms with E-state index < -0.39 is 11.7 Å². The molecule has 2 rings (SSSR count). The summed E-state index contributed by atoms with van der Waals surface area (Å²) in [6.07, 6.45) is 2.57. The molecule has 2 fully saturated rings. The lowest BCUT2D eigenvalue weighted by Crippen LogP contribution is -2.60. The minimum atomic E-state index is -0.544. The lowest BCUT2D eigenvalue weighted by molar-refractivity contribution is -0.161. The van der Waals surface area contributed by atoms with Gasteiger partial charge in [0.2, 0.25) is 5.91 Å². The molecule has 2 aliphatic rings. The summed E-state index contributed by atoms with van der Waals surface area (Å²) in [5.74, 6) is 0.0361. The first-order valence-electron chi connectivity index (χ1n) is 7.42. The second-order valence-electron chi connectivity index (χ2n) is 6.43. The highest BCUT2D eigenvalue weighted by Gasteiger charge is 2.37. The number of amides is 2. The predicted molar refractivity (Wildman–Crippen MR) is 74.9 cm³/mol. The van der Waals surface area contributed by atoms with Crippen LogP contribution in [0.1, 0.15) is 46.5 Å². The number of nitrogens with one attached hydrogen (secondary N) is 1. The van der Waals surface area contributed by atoms with Gasteiger partial charge in [0, 0.05) is 13.0 Å². The van der Waals surface area contributed by atoms with Crippen LogP contribution < -0.4 is 5.32 Å². The second-order valence-corrected chi connectivity index (χ2v) is 6.43. The zero-order chi connectivity index (χ0) is 14.8. The second kappa shape index (κ2) is 5.99. The van der Waals surface area contributed by atoms with Crippen LogP contribution in [0.15, 0.2) is 0 Å². The van der Waals surface area contributed by atoms with Gasteiger partial charge in [0.1, 0.15) is 5.60 Å². The van der Waals surface area contributed by atoms with Gasteiger partial charge in [0.15, 0.2) is 0 Å². The van der Waals surface area contributed by atoms with Crippen molar-refractivity contribution in [2.75, 3.05) is 19.6 Å². The summed E-state index contributed by atoms with van der Waals surface area (Å²) in [6, 6.07) is 0.108. The van der Waals surface area contributed by atoms with Crippen LogP contribution in [0.5, 0.6) is 0 Å². The van der Waals surface area contributed by atoms with Crippen molar-refractivity contribution in [3.05, 3.63) is 0 Å². The smallest absolute Gasteiger partial charge is 0.429 e. The van der Waals surface area contributed by atoms with Gasteiger partial charge < -0.3 is 10.1 Å². The van der Waals surface area contributed by atoms with E-state index in [1.54, 1.807) is 5.01 Å². The molecule has 0 aromatic carbocycles. The molecule has 114 valence electrons. The van der Waals surface area contributed by atoms with Crippen LogP contribution in [0, 0.1) is 0 Å². The summed E-state index contributed by atoms with van der Waals surface area (Å²) in [5.41, 5.74) is -0.544. The molecule has 6 heteroatoms. The number of hydrogen-bond donors (Lipinski definition) is 1. The third kappa shape index (κ3) is 3.62. The zero-order valence-corrected chi connectivity index (χ0v) is 12.6. The Morgan fingerprint density at radius 1 is 1.30 bits per heavy atom. The van der Waals surface area contributed by atoms with Crippen molar-refractivity contribution in [2.24, 2.45) is 0 Å². The van der Waals surface area contributed by atoms with Crippen LogP contribution in [0.4, 0.5) is 4.79 Å². The van der Waals surface area contributed by atoms with Crippen molar-refractivity contribution in [3.63, 3.8) is 0 Å². The molecule has 2 heterocycles. The molecule has 2 aliphatic heterocycles. The van der Waals surface area contributed by atoms with Gasteiger partial charge in [-0.3, -0.25) is 4.79 Å². The van der Waals surface area contributed by atoms with Crippen LogP contribution in [-0.2, 0) is 9.53 Å². The highest BCUT2D eigenvalue weighted by atomic mass is 16.6. The zero-order valence-electron chi connectivity index (χ0n) is 12.6. The van der Waals surface area contributed by atoms with E-state index in [1.807, 2.05) is 20.8 Å². The van der Waals surface area contributed by atoms with Gasteiger partial charge in [-0.2, -0.15) is 0 Å². The minimum absolute atomic E-state index is 0.0361. The number of rotatable bonds is 1. The molecule has 0 bridgehead atoms. The molecule has 0 atom stereocenters. The molecule has 2 amide bonds. The lowest BCUT2D eigenvalue weighted by Gasteiger charge is -2.44. The molecule has 0 unspecified atom stereocenters. The molecular weight excluding hydrogens is 258 g/mol. The fraction of sp³-hybridized carbons (Fsp3) is 0.857. The fourth-order valence-corrected chi connectivity index (χ4v) is 2.68. The van der Waals surface area contributed by atoms with E-state index in [-0.39, 0.29) is 11.9 Å². The fourth-order valence-electron chi connectivity index (χ4n) is 2.68. The number of hydrogen-bond acceptors (Lipinski definition) is 4. The maximum Gasteiger partial charge on any atom is 0.429 e. The maximum atomic E-state index is 12.3. The summed E-state index contributed by atoms with van der Waals surface area (Å²) in [6.45, 7) is 7.85. The normalized spacial score (nSPS) is 22.1. The number of nitrogens with zero attached hydrogens (tertiary/aromatic N) is 2. The maximum absolute atomic E-state index is 12.3. The Morgan fingerprint density at radius 2 is 1.95 bits per heavy atom. The monoisotopic (exact) mass is 283 g/mol. The SMILES string of the molecule is CC(C)(C)OC(=O)N1CCCC(=O)N1C1CCNCC1. The number of ether oxygens (including phenoxy) is 1. The molecule has 20 heavy (non-hydrogen) atoms. The third-order valence-electron chi connectivity index (χ3n) is 3.53. The molecule has 0 saturated carbocycles.